The first kappa shape index (κ1) is 19.7. The van der Waals surface area contributed by atoms with E-state index >= 15 is 0 Å². The summed E-state index contributed by atoms with van der Waals surface area (Å²) in [5.74, 6) is -1.24. The summed E-state index contributed by atoms with van der Waals surface area (Å²) in [4.78, 5) is 34.1. The molecule has 2 aromatic carbocycles. The number of nitrogens with one attached hydrogen (secondary N) is 1. The first-order valence-electron chi connectivity index (χ1n) is 8.99. The Kier molecular flexibility index (Phi) is 5.24. The molecular weight excluding hydrogens is 405 g/mol. The summed E-state index contributed by atoms with van der Waals surface area (Å²) in [6.07, 6.45) is 0. The van der Waals surface area contributed by atoms with Gasteiger partial charge in [0.2, 0.25) is 0 Å². The van der Waals surface area contributed by atoms with Crippen molar-refractivity contribution >= 4 is 39.2 Å². The van der Waals surface area contributed by atoms with Crippen LogP contribution in [0.4, 0.5) is 9.52 Å². The van der Waals surface area contributed by atoms with E-state index in [-0.39, 0.29) is 11.7 Å². The number of carbonyl (C=O) groups excluding carboxylic acids is 2. The Morgan fingerprint density at radius 3 is 2.53 bits per heavy atom. The minimum atomic E-state index is -0.501. The summed E-state index contributed by atoms with van der Waals surface area (Å²) in [6, 6.07) is 14.8. The molecule has 0 unspecified atom stereocenters. The number of fused-ring (bicyclic) bond motifs is 1. The van der Waals surface area contributed by atoms with E-state index < -0.39 is 5.97 Å². The lowest BCUT2D eigenvalue weighted by Crippen LogP contribution is -2.13. The lowest BCUT2D eigenvalue weighted by atomic mass is 10.0. The van der Waals surface area contributed by atoms with Crippen LogP contribution in [0.15, 0.2) is 54.6 Å². The molecule has 30 heavy (non-hydrogen) atoms. The molecule has 1 N–H and O–H groups in total. The molecule has 0 radical (unpaired) electrons. The van der Waals surface area contributed by atoms with E-state index in [1.54, 1.807) is 31.2 Å². The average Bonchev–Trinajstić information content (AvgIpc) is 3.12. The summed E-state index contributed by atoms with van der Waals surface area (Å²) in [5.41, 5.74) is 2.75. The van der Waals surface area contributed by atoms with E-state index in [0.717, 1.165) is 11.3 Å². The fourth-order valence-corrected chi connectivity index (χ4v) is 3.91. The fourth-order valence-electron chi connectivity index (χ4n) is 3.03. The average molecular weight is 421 g/mol. The van der Waals surface area contributed by atoms with E-state index in [2.05, 4.69) is 15.3 Å². The molecule has 1 amide bonds. The largest absolute Gasteiger partial charge is 0.465 e. The molecule has 0 saturated heterocycles. The molecule has 4 rings (SSSR count). The van der Waals surface area contributed by atoms with E-state index in [1.165, 1.54) is 19.2 Å². The van der Waals surface area contributed by atoms with Gasteiger partial charge in [0.05, 0.1) is 29.6 Å². The van der Waals surface area contributed by atoms with Gasteiger partial charge >= 0.3 is 5.97 Å². The minimum absolute atomic E-state index is 0.294. The second-order valence-corrected chi connectivity index (χ2v) is 7.46. The molecule has 0 saturated carbocycles. The number of hydrogen-bond acceptors (Lipinski definition) is 6. The highest BCUT2D eigenvalue weighted by molar-refractivity contribution is 7.17. The van der Waals surface area contributed by atoms with Crippen molar-refractivity contribution in [1.29, 1.82) is 0 Å². The maximum absolute atomic E-state index is 13.3. The van der Waals surface area contributed by atoms with Crippen molar-refractivity contribution in [2.24, 2.45) is 0 Å². The number of ether oxygens (including phenoxy) is 1. The number of halogens is 1. The van der Waals surface area contributed by atoms with E-state index in [4.69, 9.17) is 4.74 Å². The van der Waals surface area contributed by atoms with Crippen LogP contribution >= 0.6 is 11.3 Å². The van der Waals surface area contributed by atoms with Crippen LogP contribution in [-0.2, 0) is 4.74 Å². The van der Waals surface area contributed by atoms with E-state index in [9.17, 15) is 14.0 Å². The summed E-state index contributed by atoms with van der Waals surface area (Å²) in [7, 11) is 1.29. The third-order valence-electron chi connectivity index (χ3n) is 4.49. The summed E-state index contributed by atoms with van der Waals surface area (Å²) >= 11 is 1.05. The van der Waals surface area contributed by atoms with Gasteiger partial charge in [-0.15, -0.1) is 0 Å². The quantitative estimate of drug-likeness (QED) is 0.477. The molecule has 6 nitrogen and oxygen atoms in total. The molecule has 0 aliphatic carbocycles. The number of amides is 1. The van der Waals surface area contributed by atoms with Crippen LogP contribution in [-0.4, -0.2) is 29.0 Å². The van der Waals surface area contributed by atoms with Gasteiger partial charge in [-0.1, -0.05) is 29.5 Å². The Bertz CT molecular complexity index is 1270. The first-order valence-corrected chi connectivity index (χ1v) is 9.80. The van der Waals surface area contributed by atoms with Crippen molar-refractivity contribution in [1.82, 2.24) is 9.97 Å². The number of aryl methyl sites for hydroxylation is 1. The highest BCUT2D eigenvalue weighted by Gasteiger charge is 2.19. The number of anilines is 1. The first-order chi connectivity index (χ1) is 14.5. The maximum Gasteiger partial charge on any atom is 0.350 e. The second kappa shape index (κ2) is 8.00. The Balaban J connectivity index is 1.75. The van der Waals surface area contributed by atoms with Crippen molar-refractivity contribution in [3.8, 4) is 11.3 Å². The lowest BCUT2D eigenvalue weighted by Gasteiger charge is -2.09. The number of pyridine rings is 1. The normalized spacial score (nSPS) is 10.8. The molecule has 0 fully saturated rings. The van der Waals surface area contributed by atoms with Gasteiger partial charge in [0.15, 0.2) is 5.13 Å². The second-order valence-electron chi connectivity index (χ2n) is 6.46. The monoisotopic (exact) mass is 421 g/mol. The van der Waals surface area contributed by atoms with E-state index in [1.807, 2.05) is 18.2 Å². The Labute approximate surface area is 175 Å². The number of carbonyl (C=O) groups is 2. The van der Waals surface area contributed by atoms with Crippen molar-refractivity contribution < 1.29 is 18.7 Å². The van der Waals surface area contributed by atoms with Crippen molar-refractivity contribution in [2.45, 2.75) is 6.92 Å². The van der Waals surface area contributed by atoms with Gasteiger partial charge in [0.25, 0.3) is 5.91 Å². The van der Waals surface area contributed by atoms with Crippen LogP contribution in [0.2, 0.25) is 0 Å². The van der Waals surface area contributed by atoms with Gasteiger partial charge in [-0.05, 0) is 43.3 Å². The maximum atomic E-state index is 13.3. The molecule has 0 bridgehead atoms. The van der Waals surface area contributed by atoms with Gasteiger partial charge in [-0.3, -0.25) is 10.1 Å². The number of para-hydroxylation sites is 1. The van der Waals surface area contributed by atoms with Gasteiger partial charge in [-0.25, -0.2) is 19.2 Å². The highest BCUT2D eigenvalue weighted by Crippen LogP contribution is 2.28. The standard InChI is InChI=1S/C22H16FN3O3S/c1-12-19(21(28)29-2)30-22(24-12)26-20(27)16-11-18(13-7-9-14(23)10-8-13)25-17-6-4-3-5-15(16)17/h3-11H,1-2H3,(H,24,26,27). The molecule has 150 valence electrons. The van der Waals surface area contributed by atoms with Gasteiger partial charge in [-0.2, -0.15) is 0 Å². The van der Waals surface area contributed by atoms with Crippen LogP contribution in [0, 0.1) is 12.7 Å². The zero-order valence-electron chi connectivity index (χ0n) is 16.1. The number of benzene rings is 2. The molecular formula is C22H16FN3O3S. The van der Waals surface area contributed by atoms with E-state index in [0.29, 0.717) is 43.4 Å². The molecule has 8 heteroatoms. The number of aromatic nitrogens is 2. The zero-order chi connectivity index (χ0) is 21.3. The Morgan fingerprint density at radius 2 is 1.80 bits per heavy atom. The third kappa shape index (κ3) is 3.77. The topological polar surface area (TPSA) is 81.2 Å². The number of esters is 1. The van der Waals surface area contributed by atoms with Crippen molar-refractivity contribution in [2.75, 3.05) is 12.4 Å². The molecule has 0 aliphatic heterocycles. The number of methoxy groups -OCH3 is 1. The molecule has 0 atom stereocenters. The van der Waals surface area contributed by atoms with Crippen LogP contribution in [0.5, 0.6) is 0 Å². The number of nitrogens with zero attached hydrogens (tertiary/aromatic N) is 2. The van der Waals surface area contributed by atoms with Crippen LogP contribution in [0.25, 0.3) is 22.2 Å². The predicted octanol–water partition coefficient (Wildman–Crippen LogP) is 4.84. The summed E-state index contributed by atoms with van der Waals surface area (Å²) < 4.78 is 18.0. The SMILES string of the molecule is COC(=O)c1sc(NC(=O)c2cc(-c3ccc(F)cc3)nc3ccccc23)nc1C. The molecule has 4 aromatic rings. The zero-order valence-corrected chi connectivity index (χ0v) is 16.9. The van der Waals surface area contributed by atoms with Gasteiger partial charge < -0.3 is 4.74 Å². The Hall–Kier alpha value is -3.65. The minimum Gasteiger partial charge on any atom is -0.465 e. The fraction of sp³-hybridized carbons (Fsp3) is 0.0909. The van der Waals surface area contributed by atoms with Gasteiger partial charge in [0, 0.05) is 10.9 Å². The van der Waals surface area contributed by atoms with Crippen LogP contribution < -0.4 is 5.32 Å². The predicted molar refractivity (Wildman–Crippen MR) is 113 cm³/mol. The number of hydrogen-bond donors (Lipinski definition) is 1. The smallest absolute Gasteiger partial charge is 0.350 e. The van der Waals surface area contributed by atoms with Crippen molar-refractivity contribution in [3.05, 3.63) is 76.5 Å². The Morgan fingerprint density at radius 1 is 1.07 bits per heavy atom. The van der Waals surface area contributed by atoms with Crippen LogP contribution in [0.1, 0.15) is 25.7 Å². The van der Waals surface area contributed by atoms with Crippen LogP contribution in [0.3, 0.4) is 0 Å². The highest BCUT2D eigenvalue weighted by atomic mass is 32.1. The molecule has 2 heterocycles. The summed E-state index contributed by atoms with van der Waals surface area (Å²) in [5, 5.41) is 3.71. The molecule has 0 aliphatic rings. The molecule has 0 spiro atoms. The lowest BCUT2D eigenvalue weighted by molar-refractivity contribution is 0.0605. The third-order valence-corrected chi connectivity index (χ3v) is 5.54. The van der Waals surface area contributed by atoms with Gasteiger partial charge in [0.1, 0.15) is 10.7 Å². The summed E-state index contributed by atoms with van der Waals surface area (Å²) in [6.45, 7) is 1.67. The number of rotatable bonds is 4. The molecule has 2 aromatic heterocycles. The van der Waals surface area contributed by atoms with Crippen molar-refractivity contribution in [3.63, 3.8) is 0 Å². The number of thiazole rings is 1.